The van der Waals surface area contributed by atoms with Gasteiger partial charge in [0.1, 0.15) is 0 Å². The van der Waals surface area contributed by atoms with Crippen molar-refractivity contribution in [1.82, 2.24) is 9.29 Å². The molecule has 5 aromatic rings. The van der Waals surface area contributed by atoms with Gasteiger partial charge in [-0.3, -0.25) is 14.9 Å². The molecule has 0 saturated heterocycles. The monoisotopic (exact) mass is 683 g/mol. The second kappa shape index (κ2) is 12.6. The summed E-state index contributed by atoms with van der Waals surface area (Å²) in [6.07, 6.45) is 1.36. The molecule has 2 aromatic heterocycles. The molecule has 214 valence electrons. The molecule has 0 bridgehead atoms. The van der Waals surface area contributed by atoms with Gasteiger partial charge in [0.25, 0.3) is 5.91 Å². The molecule has 14 heteroatoms. The van der Waals surface area contributed by atoms with Crippen LogP contribution in [0.5, 0.6) is 0 Å². The highest BCUT2D eigenvalue weighted by Crippen LogP contribution is 2.32. The minimum Gasteiger partial charge on any atom is -0.267 e. The Bertz CT molecular complexity index is 1890. The van der Waals surface area contributed by atoms with Crippen molar-refractivity contribution in [3.63, 3.8) is 0 Å². The number of nitrogens with zero attached hydrogens (tertiary/aromatic N) is 5. The van der Waals surface area contributed by atoms with Gasteiger partial charge in [-0.25, -0.2) is 13.4 Å². The van der Waals surface area contributed by atoms with Gasteiger partial charge in [0.2, 0.25) is 15.2 Å². The number of hydrogen-bond acceptors (Lipinski definition) is 9. The highest BCUT2D eigenvalue weighted by Gasteiger charge is 2.26. The average Bonchev–Trinajstić information content (AvgIpc) is 3.64. The zero-order valence-electron chi connectivity index (χ0n) is 22.0. The molecule has 2 heterocycles. The van der Waals surface area contributed by atoms with Crippen LogP contribution < -0.4 is 5.01 Å². The van der Waals surface area contributed by atoms with Gasteiger partial charge in [0, 0.05) is 29.2 Å². The molecule has 0 unspecified atom stereocenters. The summed E-state index contributed by atoms with van der Waals surface area (Å²) in [5.74, 6) is -0.545. The lowest BCUT2D eigenvalue weighted by atomic mass is 10.2. The van der Waals surface area contributed by atoms with Gasteiger partial charge in [-0.15, -0.1) is 0 Å². The summed E-state index contributed by atoms with van der Waals surface area (Å²) in [4.78, 5) is 29.4. The maximum absolute atomic E-state index is 13.7. The Balaban J connectivity index is 1.45. The van der Waals surface area contributed by atoms with Crippen LogP contribution in [-0.4, -0.2) is 41.3 Å². The van der Waals surface area contributed by atoms with E-state index in [1.165, 1.54) is 52.2 Å². The van der Waals surface area contributed by atoms with Gasteiger partial charge in [0.05, 0.1) is 31.1 Å². The predicted octanol–water partition coefficient (Wildman–Crippen LogP) is 6.92. The maximum atomic E-state index is 13.7. The van der Waals surface area contributed by atoms with Crippen LogP contribution in [0.25, 0.3) is 10.2 Å². The molecule has 0 saturated carbocycles. The number of thiazole rings is 1. The van der Waals surface area contributed by atoms with Crippen LogP contribution >= 0.6 is 38.6 Å². The van der Waals surface area contributed by atoms with E-state index in [0.717, 1.165) is 31.1 Å². The van der Waals surface area contributed by atoms with E-state index in [0.29, 0.717) is 10.4 Å². The Morgan fingerprint density at radius 3 is 2.45 bits per heavy atom. The van der Waals surface area contributed by atoms with Crippen molar-refractivity contribution in [2.75, 3.05) is 11.6 Å². The van der Waals surface area contributed by atoms with Crippen LogP contribution in [0.2, 0.25) is 0 Å². The summed E-state index contributed by atoms with van der Waals surface area (Å²) >= 11 is 5.61. The third-order valence-corrected chi connectivity index (χ3v) is 10.5. The summed E-state index contributed by atoms with van der Waals surface area (Å²) in [6.45, 7) is 2.26. The number of carbonyl (C=O) groups is 1. The fourth-order valence-electron chi connectivity index (χ4n) is 3.98. The molecule has 10 nitrogen and oxygen atoms in total. The molecule has 0 aliphatic carbocycles. The van der Waals surface area contributed by atoms with E-state index in [-0.39, 0.29) is 33.7 Å². The van der Waals surface area contributed by atoms with E-state index in [4.69, 9.17) is 0 Å². The van der Waals surface area contributed by atoms with Gasteiger partial charge in [-0.2, -0.15) is 14.4 Å². The Kier molecular flexibility index (Phi) is 8.89. The molecule has 1 amide bonds. The summed E-state index contributed by atoms with van der Waals surface area (Å²) in [6, 6.07) is 23.4. The molecule has 5 rings (SSSR count). The second-order valence-corrected chi connectivity index (χ2v) is 13.8. The Hall–Kier alpha value is -3.82. The summed E-state index contributed by atoms with van der Waals surface area (Å²) in [5.41, 5.74) is 1.72. The molecular weight excluding hydrogens is 662 g/mol. The quantitative estimate of drug-likeness (QED) is 0.0894. The van der Waals surface area contributed by atoms with Gasteiger partial charge < -0.3 is 0 Å². The zero-order valence-corrected chi connectivity index (χ0v) is 26.0. The van der Waals surface area contributed by atoms with Crippen molar-refractivity contribution >= 4 is 81.1 Å². The highest BCUT2D eigenvalue weighted by molar-refractivity contribution is 9.10. The summed E-state index contributed by atoms with van der Waals surface area (Å²) in [5, 5.41) is 16.8. The van der Waals surface area contributed by atoms with E-state index < -0.39 is 20.9 Å². The van der Waals surface area contributed by atoms with Crippen molar-refractivity contribution < 1.29 is 18.1 Å². The number of fused-ring (bicyclic) bond motifs is 1. The normalized spacial score (nSPS) is 11.9. The number of hydrazone groups is 1. The maximum Gasteiger partial charge on any atom is 0.324 e. The number of aromatic nitrogens is 1. The second-order valence-electron chi connectivity index (χ2n) is 8.84. The third-order valence-electron chi connectivity index (χ3n) is 6.10. The lowest BCUT2D eigenvalue weighted by Gasteiger charge is -2.21. The first kappa shape index (κ1) is 29.7. The van der Waals surface area contributed by atoms with Crippen molar-refractivity contribution in [2.24, 2.45) is 5.10 Å². The molecule has 0 aliphatic heterocycles. The Labute approximate surface area is 257 Å². The summed E-state index contributed by atoms with van der Waals surface area (Å²) < 4.78 is 29.8. The topological polar surface area (TPSA) is 126 Å². The van der Waals surface area contributed by atoms with Crippen molar-refractivity contribution in [1.29, 1.82) is 0 Å². The molecular formula is C28H22BrN5O5S3. The molecule has 0 N–H and O–H groups in total. The van der Waals surface area contributed by atoms with Gasteiger partial charge in [-0.05, 0) is 54.1 Å². The van der Waals surface area contributed by atoms with Crippen LogP contribution in [0.4, 0.5) is 10.1 Å². The van der Waals surface area contributed by atoms with Crippen LogP contribution in [-0.2, 0) is 16.6 Å². The average molecular weight is 685 g/mol. The van der Waals surface area contributed by atoms with E-state index in [1.54, 1.807) is 13.0 Å². The van der Waals surface area contributed by atoms with Crippen LogP contribution in [0, 0.1) is 10.1 Å². The fourth-order valence-corrected chi connectivity index (χ4v) is 7.58. The van der Waals surface area contributed by atoms with E-state index >= 15 is 0 Å². The predicted molar refractivity (Wildman–Crippen MR) is 169 cm³/mol. The number of halogens is 1. The molecule has 0 aliphatic rings. The molecule has 0 fully saturated rings. The fraction of sp³-hybridized carbons (Fsp3) is 0.107. The number of hydrogen-bond donors (Lipinski definition) is 0. The standard InChI is InChI=1S/C28H22BrN5O5S3/c1-2-32(18-19-6-4-3-5-7-19)42(38,39)23-12-8-20(9-13-23)27(35)33(30-17-22-11-15-26(40-22)34(36)37)28-31-24-14-10-21(29)16-25(24)41-28/h3-17H,2,18H2,1H3/b30-17+. The number of carbonyl (C=O) groups excluding carboxylic acids is 1. The first-order chi connectivity index (χ1) is 20.2. The smallest absolute Gasteiger partial charge is 0.267 e. The third kappa shape index (κ3) is 6.47. The minimum atomic E-state index is -3.83. The number of benzene rings is 3. The van der Waals surface area contributed by atoms with Crippen molar-refractivity contribution in [2.45, 2.75) is 18.4 Å². The van der Waals surface area contributed by atoms with Crippen molar-refractivity contribution in [3.05, 3.63) is 116 Å². The highest BCUT2D eigenvalue weighted by atomic mass is 79.9. The first-order valence-corrected chi connectivity index (χ1v) is 16.3. The molecule has 0 radical (unpaired) electrons. The van der Waals surface area contributed by atoms with Crippen LogP contribution in [0.15, 0.2) is 99.4 Å². The lowest BCUT2D eigenvalue weighted by Crippen LogP contribution is -2.30. The SMILES string of the molecule is CCN(Cc1ccccc1)S(=O)(=O)c1ccc(C(=O)N(/N=C/c2ccc([N+](=O)[O-])s2)c2nc3ccc(Br)cc3s2)cc1. The number of sulfonamides is 1. The molecule has 0 atom stereocenters. The number of thiophene rings is 1. The van der Waals surface area contributed by atoms with Crippen LogP contribution in [0.1, 0.15) is 27.7 Å². The number of anilines is 1. The Morgan fingerprint density at radius 2 is 1.79 bits per heavy atom. The molecule has 3 aromatic carbocycles. The summed E-state index contributed by atoms with van der Waals surface area (Å²) in [7, 11) is -3.83. The zero-order chi connectivity index (χ0) is 29.9. The number of amides is 1. The van der Waals surface area contributed by atoms with Gasteiger partial charge in [-0.1, -0.05) is 75.9 Å². The van der Waals surface area contributed by atoms with Crippen molar-refractivity contribution in [3.8, 4) is 0 Å². The lowest BCUT2D eigenvalue weighted by molar-refractivity contribution is -0.380. The minimum absolute atomic E-state index is 0.0515. The van der Waals surface area contributed by atoms with E-state index in [2.05, 4.69) is 26.0 Å². The number of nitro groups is 1. The molecule has 0 spiro atoms. The van der Waals surface area contributed by atoms with Gasteiger partial charge >= 0.3 is 5.00 Å². The number of rotatable bonds is 10. The van der Waals surface area contributed by atoms with Crippen LogP contribution in [0.3, 0.4) is 0 Å². The largest absolute Gasteiger partial charge is 0.324 e. The Morgan fingerprint density at radius 1 is 1.05 bits per heavy atom. The van der Waals surface area contributed by atoms with Gasteiger partial charge in [0.15, 0.2) is 0 Å². The molecule has 42 heavy (non-hydrogen) atoms. The van der Waals surface area contributed by atoms with E-state index in [9.17, 15) is 23.3 Å². The first-order valence-electron chi connectivity index (χ1n) is 12.5. The van der Waals surface area contributed by atoms with E-state index in [1.807, 2.05) is 48.5 Å².